The maximum absolute atomic E-state index is 13.0. The van der Waals surface area contributed by atoms with Crippen molar-refractivity contribution >= 4 is 15.9 Å². The first-order chi connectivity index (χ1) is 11.9. The molecule has 2 N–H and O–H groups in total. The zero-order chi connectivity index (χ0) is 18.3. The number of likely N-dealkylation sites (N-methyl/N-ethyl adjacent to an activating group) is 1. The molecule has 25 heavy (non-hydrogen) atoms. The summed E-state index contributed by atoms with van der Waals surface area (Å²) in [6.07, 6.45) is 0. The second-order valence-corrected chi connectivity index (χ2v) is 7.79. The lowest BCUT2D eigenvalue weighted by Gasteiger charge is -2.24. The number of morpholine rings is 1. The van der Waals surface area contributed by atoms with E-state index in [1.165, 1.54) is 17.0 Å². The number of hydrogen-bond acceptors (Lipinski definition) is 4. The van der Waals surface area contributed by atoms with Gasteiger partial charge in [0.1, 0.15) is 18.9 Å². The molecular formula is C16H25FN3O4S+. The van der Waals surface area contributed by atoms with Crippen molar-refractivity contribution < 1.29 is 27.2 Å². The van der Waals surface area contributed by atoms with Gasteiger partial charge in [0.25, 0.3) is 0 Å². The predicted molar refractivity (Wildman–Crippen MR) is 90.2 cm³/mol. The van der Waals surface area contributed by atoms with Gasteiger partial charge in [0, 0.05) is 6.54 Å². The fourth-order valence-electron chi connectivity index (χ4n) is 2.63. The summed E-state index contributed by atoms with van der Waals surface area (Å²) in [4.78, 5) is 13.4. The first-order valence-corrected chi connectivity index (χ1v) is 9.81. The highest BCUT2D eigenvalue weighted by atomic mass is 32.2. The van der Waals surface area contributed by atoms with E-state index in [9.17, 15) is 17.6 Å². The molecule has 1 amide bonds. The molecule has 7 nitrogen and oxygen atoms in total. The van der Waals surface area contributed by atoms with Crippen molar-refractivity contribution in [1.82, 2.24) is 9.62 Å². The Morgan fingerprint density at radius 1 is 1.28 bits per heavy atom. The molecule has 0 unspecified atom stereocenters. The molecule has 0 radical (unpaired) electrons. The lowest BCUT2D eigenvalue weighted by atomic mass is 10.4. The molecule has 0 spiro atoms. The average molecular weight is 374 g/mol. The Kier molecular flexibility index (Phi) is 7.30. The van der Waals surface area contributed by atoms with E-state index in [1.54, 1.807) is 6.92 Å². The topological polar surface area (TPSA) is 80.2 Å². The predicted octanol–water partition coefficient (Wildman–Crippen LogP) is -1.13. The minimum Gasteiger partial charge on any atom is -0.370 e. The number of benzene rings is 1. The van der Waals surface area contributed by atoms with Crippen LogP contribution in [0.25, 0.3) is 0 Å². The standard InChI is InChI=1S/C16H24FN3O4S/c1-2-20(25(22,23)15-5-3-14(17)4-6-15)13-16(21)18-7-8-19-9-11-24-12-10-19/h3-6H,2,7-13H2,1H3,(H,18,21)/p+1. The van der Waals surface area contributed by atoms with E-state index in [1.807, 2.05) is 0 Å². The number of halogens is 1. The third kappa shape index (κ3) is 5.74. The van der Waals surface area contributed by atoms with Crippen LogP contribution in [0.2, 0.25) is 0 Å². The van der Waals surface area contributed by atoms with E-state index in [0.717, 1.165) is 49.3 Å². The van der Waals surface area contributed by atoms with Crippen molar-refractivity contribution in [3.63, 3.8) is 0 Å². The molecule has 1 aromatic carbocycles. The Bertz CT molecular complexity index is 660. The second kappa shape index (κ2) is 9.23. The molecule has 140 valence electrons. The van der Waals surface area contributed by atoms with E-state index in [-0.39, 0.29) is 23.9 Å². The first kappa shape index (κ1) is 19.8. The zero-order valence-corrected chi connectivity index (χ0v) is 15.1. The third-order valence-corrected chi connectivity index (χ3v) is 6.06. The fraction of sp³-hybridized carbons (Fsp3) is 0.562. The smallest absolute Gasteiger partial charge is 0.243 e. The largest absolute Gasteiger partial charge is 0.370 e. The van der Waals surface area contributed by atoms with Gasteiger partial charge in [0.15, 0.2) is 0 Å². The fourth-order valence-corrected chi connectivity index (χ4v) is 4.03. The van der Waals surface area contributed by atoms with Gasteiger partial charge >= 0.3 is 0 Å². The van der Waals surface area contributed by atoms with Gasteiger partial charge in [0.2, 0.25) is 15.9 Å². The van der Waals surface area contributed by atoms with Crippen LogP contribution in [0.3, 0.4) is 0 Å². The number of amides is 1. The maximum Gasteiger partial charge on any atom is 0.243 e. The van der Waals surface area contributed by atoms with Gasteiger partial charge in [-0.25, -0.2) is 12.8 Å². The molecule has 1 aliphatic rings. The Hall–Kier alpha value is -1.55. The summed E-state index contributed by atoms with van der Waals surface area (Å²) >= 11 is 0. The zero-order valence-electron chi connectivity index (χ0n) is 14.3. The summed E-state index contributed by atoms with van der Waals surface area (Å²) in [6.45, 7) is 6.11. The first-order valence-electron chi connectivity index (χ1n) is 8.37. The van der Waals surface area contributed by atoms with Crippen molar-refractivity contribution in [1.29, 1.82) is 0 Å². The van der Waals surface area contributed by atoms with Crippen LogP contribution in [0.1, 0.15) is 6.92 Å². The highest BCUT2D eigenvalue weighted by Crippen LogP contribution is 2.15. The molecule has 0 bridgehead atoms. The maximum atomic E-state index is 13.0. The Labute approximate surface area is 147 Å². The molecule has 2 rings (SSSR count). The quantitative estimate of drug-likeness (QED) is 0.603. The van der Waals surface area contributed by atoms with E-state index in [0.29, 0.717) is 6.54 Å². The van der Waals surface area contributed by atoms with Crippen molar-refractivity contribution in [2.45, 2.75) is 11.8 Å². The molecule has 0 atom stereocenters. The van der Waals surface area contributed by atoms with Crippen molar-refractivity contribution in [2.75, 3.05) is 52.5 Å². The molecule has 1 fully saturated rings. The molecule has 0 saturated carbocycles. The van der Waals surface area contributed by atoms with Gasteiger partial charge in [-0.3, -0.25) is 4.79 Å². The van der Waals surface area contributed by atoms with Gasteiger partial charge in [-0.1, -0.05) is 6.92 Å². The number of nitrogens with one attached hydrogen (secondary N) is 2. The Morgan fingerprint density at radius 2 is 1.92 bits per heavy atom. The highest BCUT2D eigenvalue weighted by molar-refractivity contribution is 7.89. The van der Waals surface area contributed by atoms with Crippen molar-refractivity contribution in [2.24, 2.45) is 0 Å². The molecule has 1 aromatic rings. The van der Waals surface area contributed by atoms with E-state index in [4.69, 9.17) is 4.74 Å². The van der Waals surface area contributed by atoms with Gasteiger partial charge in [-0.2, -0.15) is 4.31 Å². The van der Waals surface area contributed by atoms with Crippen LogP contribution < -0.4 is 10.2 Å². The van der Waals surface area contributed by atoms with Gasteiger partial charge in [-0.15, -0.1) is 0 Å². The average Bonchev–Trinajstić information content (AvgIpc) is 2.61. The van der Waals surface area contributed by atoms with Crippen LogP contribution in [-0.2, 0) is 19.6 Å². The van der Waals surface area contributed by atoms with Crippen LogP contribution in [0, 0.1) is 5.82 Å². The summed E-state index contributed by atoms with van der Waals surface area (Å²) in [5.41, 5.74) is 0. The summed E-state index contributed by atoms with van der Waals surface area (Å²) in [7, 11) is -3.82. The molecule has 1 saturated heterocycles. The molecule has 9 heteroatoms. The van der Waals surface area contributed by atoms with Crippen LogP contribution >= 0.6 is 0 Å². The van der Waals surface area contributed by atoms with Crippen LogP contribution in [-0.4, -0.2) is 71.1 Å². The summed E-state index contributed by atoms with van der Waals surface area (Å²) in [5.74, 6) is -0.856. The van der Waals surface area contributed by atoms with E-state index in [2.05, 4.69) is 5.32 Å². The minimum atomic E-state index is -3.82. The summed E-state index contributed by atoms with van der Waals surface area (Å²) in [5, 5.41) is 2.76. The second-order valence-electron chi connectivity index (χ2n) is 5.85. The number of sulfonamides is 1. The number of carbonyl (C=O) groups is 1. The van der Waals surface area contributed by atoms with Crippen LogP contribution in [0.5, 0.6) is 0 Å². The summed E-state index contributed by atoms with van der Waals surface area (Å²) < 4.78 is 44.4. The molecule has 1 aliphatic heterocycles. The number of carbonyl (C=O) groups excluding carboxylic acids is 1. The SMILES string of the molecule is CCN(CC(=O)NCC[NH+]1CCOCC1)S(=O)(=O)c1ccc(F)cc1. The van der Waals surface area contributed by atoms with Crippen molar-refractivity contribution in [3.8, 4) is 0 Å². The third-order valence-electron chi connectivity index (χ3n) is 4.12. The number of quaternary nitrogens is 1. The normalized spacial score (nSPS) is 16.1. The van der Waals surface area contributed by atoms with E-state index < -0.39 is 15.8 Å². The minimum absolute atomic E-state index is 0.0266. The summed E-state index contributed by atoms with van der Waals surface area (Å²) in [6, 6.07) is 4.58. The number of hydrogen-bond donors (Lipinski definition) is 2. The monoisotopic (exact) mass is 374 g/mol. The number of ether oxygens (including phenoxy) is 1. The highest BCUT2D eigenvalue weighted by Gasteiger charge is 2.25. The van der Waals surface area contributed by atoms with Crippen molar-refractivity contribution in [3.05, 3.63) is 30.1 Å². The Morgan fingerprint density at radius 3 is 2.52 bits per heavy atom. The van der Waals surface area contributed by atoms with Gasteiger partial charge < -0.3 is 15.0 Å². The molecular weight excluding hydrogens is 349 g/mol. The van der Waals surface area contributed by atoms with Crippen LogP contribution in [0.4, 0.5) is 4.39 Å². The number of rotatable bonds is 8. The van der Waals surface area contributed by atoms with Gasteiger partial charge in [0.05, 0.1) is 37.7 Å². The van der Waals surface area contributed by atoms with Crippen LogP contribution in [0.15, 0.2) is 29.2 Å². The number of nitrogens with zero attached hydrogens (tertiary/aromatic N) is 1. The van der Waals surface area contributed by atoms with E-state index >= 15 is 0 Å². The lowest BCUT2D eigenvalue weighted by Crippen LogP contribution is -3.14. The molecule has 1 heterocycles. The molecule has 0 aliphatic carbocycles. The molecule has 0 aromatic heterocycles. The lowest BCUT2D eigenvalue weighted by molar-refractivity contribution is -0.906. The Balaban J connectivity index is 1.87. The van der Waals surface area contributed by atoms with Gasteiger partial charge in [-0.05, 0) is 24.3 Å².